The van der Waals surface area contributed by atoms with E-state index >= 15 is 0 Å². The monoisotopic (exact) mass is 377 g/mol. The van der Waals surface area contributed by atoms with Gasteiger partial charge in [-0.15, -0.1) is 22.9 Å². The lowest BCUT2D eigenvalue weighted by atomic mass is 9.83. The maximum Gasteiger partial charge on any atom is 0.341 e. The molecular weight excluding hydrogens is 358 g/mol. The molecule has 2 atom stereocenters. The van der Waals surface area contributed by atoms with Crippen LogP contribution in [0.3, 0.4) is 0 Å². The third-order valence-electron chi connectivity index (χ3n) is 4.52. The molecule has 0 radical (unpaired) electrons. The lowest BCUT2D eigenvalue weighted by Gasteiger charge is -2.22. The summed E-state index contributed by atoms with van der Waals surface area (Å²) in [7, 11) is 1.36. The van der Waals surface area contributed by atoms with E-state index in [-0.39, 0.29) is 5.91 Å². The second kappa shape index (κ2) is 7.58. The third kappa shape index (κ3) is 3.72. The van der Waals surface area contributed by atoms with Crippen molar-refractivity contribution in [1.82, 2.24) is 0 Å². The van der Waals surface area contributed by atoms with Crippen molar-refractivity contribution in [3.8, 4) is 0 Å². The van der Waals surface area contributed by atoms with Gasteiger partial charge in [0.2, 0.25) is 5.91 Å². The zero-order chi connectivity index (χ0) is 18.0. The number of carbonyl (C=O) groups excluding carboxylic acids is 2. The first-order chi connectivity index (χ1) is 12.0. The molecule has 1 heterocycles. The second-order valence-corrected chi connectivity index (χ2v) is 7.91. The van der Waals surface area contributed by atoms with Gasteiger partial charge in [-0.25, -0.2) is 4.79 Å². The Hall–Kier alpha value is -1.85. The normalized spacial score (nSPS) is 17.5. The van der Waals surface area contributed by atoms with Gasteiger partial charge >= 0.3 is 5.97 Å². The van der Waals surface area contributed by atoms with Gasteiger partial charge in [-0.05, 0) is 43.2 Å². The molecule has 0 saturated heterocycles. The van der Waals surface area contributed by atoms with Gasteiger partial charge < -0.3 is 10.1 Å². The number of fused-ring (bicyclic) bond motifs is 1. The van der Waals surface area contributed by atoms with Crippen LogP contribution in [0.25, 0.3) is 0 Å². The van der Waals surface area contributed by atoms with Gasteiger partial charge in [-0.2, -0.15) is 0 Å². The van der Waals surface area contributed by atoms with E-state index in [0.717, 1.165) is 29.7 Å². The number of halogens is 1. The van der Waals surface area contributed by atoms with E-state index in [4.69, 9.17) is 16.3 Å². The standard InChI is InChI=1S/C19H20ClNO3S/c1-11(20)17(22)21-18-16(19(23)24-2)14-9-8-13(10-15(14)25-18)12-6-4-3-5-7-12/h3-7,11,13H,8-10H2,1-2H3,(H,21,22)/t11-,13+/m1/s1. The van der Waals surface area contributed by atoms with E-state index in [9.17, 15) is 9.59 Å². The topological polar surface area (TPSA) is 55.4 Å². The number of alkyl halides is 1. The van der Waals surface area contributed by atoms with E-state index in [2.05, 4.69) is 17.4 Å². The van der Waals surface area contributed by atoms with Crippen LogP contribution in [0.5, 0.6) is 0 Å². The van der Waals surface area contributed by atoms with Gasteiger partial charge in [-0.1, -0.05) is 30.3 Å². The highest BCUT2D eigenvalue weighted by molar-refractivity contribution is 7.17. The summed E-state index contributed by atoms with van der Waals surface area (Å²) >= 11 is 7.31. The minimum absolute atomic E-state index is 0.315. The first-order valence-corrected chi connectivity index (χ1v) is 9.49. The molecule has 4 nitrogen and oxygen atoms in total. The molecule has 0 fully saturated rings. The molecule has 132 valence electrons. The summed E-state index contributed by atoms with van der Waals surface area (Å²) in [4.78, 5) is 25.4. The number of hydrogen-bond acceptors (Lipinski definition) is 4. The molecule has 0 bridgehead atoms. The van der Waals surface area contributed by atoms with E-state index in [1.54, 1.807) is 6.92 Å². The summed E-state index contributed by atoms with van der Waals surface area (Å²) in [6.07, 6.45) is 2.62. The van der Waals surface area contributed by atoms with Crippen molar-refractivity contribution in [3.63, 3.8) is 0 Å². The molecule has 1 aliphatic rings. The molecule has 1 aromatic heterocycles. The molecule has 1 amide bonds. The van der Waals surface area contributed by atoms with Crippen molar-refractivity contribution in [3.05, 3.63) is 51.9 Å². The van der Waals surface area contributed by atoms with Gasteiger partial charge in [0.15, 0.2) is 0 Å². The Labute approximate surface area is 156 Å². The zero-order valence-electron chi connectivity index (χ0n) is 14.2. The Morgan fingerprint density at radius 1 is 1.32 bits per heavy atom. The summed E-state index contributed by atoms with van der Waals surface area (Å²) < 4.78 is 4.94. The highest BCUT2D eigenvalue weighted by atomic mass is 35.5. The van der Waals surface area contributed by atoms with Crippen LogP contribution in [0, 0.1) is 0 Å². The number of ether oxygens (including phenoxy) is 1. The van der Waals surface area contributed by atoms with Crippen molar-refractivity contribution in [2.24, 2.45) is 0 Å². The molecule has 0 spiro atoms. The molecule has 6 heteroatoms. The summed E-state index contributed by atoms with van der Waals surface area (Å²) in [5, 5.41) is 2.66. The molecular formula is C19H20ClNO3S. The molecule has 1 aliphatic carbocycles. The third-order valence-corrected chi connectivity index (χ3v) is 5.89. The molecule has 1 N–H and O–H groups in total. The smallest absolute Gasteiger partial charge is 0.341 e. The van der Waals surface area contributed by atoms with E-state index < -0.39 is 11.3 Å². The molecule has 1 aromatic carbocycles. The van der Waals surface area contributed by atoms with Crippen molar-refractivity contribution in [2.75, 3.05) is 12.4 Å². The fraction of sp³-hybridized carbons (Fsp3) is 0.368. The van der Waals surface area contributed by atoms with Crippen molar-refractivity contribution in [2.45, 2.75) is 37.5 Å². The largest absolute Gasteiger partial charge is 0.465 e. The highest BCUT2D eigenvalue weighted by Gasteiger charge is 2.30. The number of amides is 1. The maximum absolute atomic E-state index is 12.3. The van der Waals surface area contributed by atoms with Gasteiger partial charge in [0, 0.05) is 4.88 Å². The SMILES string of the molecule is COC(=O)c1c(NC(=O)[C@@H](C)Cl)sc2c1CC[C@H](c1ccccc1)C2. The summed E-state index contributed by atoms with van der Waals surface area (Å²) in [6.45, 7) is 1.60. The van der Waals surface area contributed by atoms with Crippen LogP contribution in [0.2, 0.25) is 0 Å². The maximum atomic E-state index is 12.3. The predicted molar refractivity (Wildman–Crippen MR) is 101 cm³/mol. The van der Waals surface area contributed by atoms with E-state index in [1.165, 1.54) is 24.0 Å². The number of carbonyl (C=O) groups is 2. The van der Waals surface area contributed by atoms with Crippen molar-refractivity contribution >= 4 is 39.8 Å². The lowest BCUT2D eigenvalue weighted by molar-refractivity contribution is -0.115. The van der Waals surface area contributed by atoms with Crippen LogP contribution in [-0.2, 0) is 22.4 Å². The Kier molecular flexibility index (Phi) is 5.45. The molecule has 0 saturated carbocycles. The number of benzene rings is 1. The summed E-state index contributed by atoms with van der Waals surface area (Å²) in [6, 6.07) is 10.4. The quantitative estimate of drug-likeness (QED) is 0.635. The summed E-state index contributed by atoms with van der Waals surface area (Å²) in [5.74, 6) is -0.299. The Morgan fingerprint density at radius 2 is 2.04 bits per heavy atom. The average molecular weight is 378 g/mol. The number of methoxy groups -OCH3 is 1. The minimum atomic E-state index is -0.665. The van der Waals surface area contributed by atoms with Gasteiger partial charge in [0.05, 0.1) is 12.7 Å². The van der Waals surface area contributed by atoms with Crippen LogP contribution in [0.4, 0.5) is 5.00 Å². The second-order valence-electron chi connectivity index (χ2n) is 6.16. The first kappa shape index (κ1) is 18.0. The molecule has 0 aliphatic heterocycles. The fourth-order valence-electron chi connectivity index (χ4n) is 3.21. The van der Waals surface area contributed by atoms with Crippen LogP contribution >= 0.6 is 22.9 Å². The van der Waals surface area contributed by atoms with E-state index in [1.807, 2.05) is 18.2 Å². The van der Waals surface area contributed by atoms with Crippen molar-refractivity contribution < 1.29 is 14.3 Å². The molecule has 25 heavy (non-hydrogen) atoms. The van der Waals surface area contributed by atoms with Gasteiger partial charge in [0.1, 0.15) is 10.4 Å². The molecule has 0 unspecified atom stereocenters. The Balaban J connectivity index is 1.93. The average Bonchev–Trinajstić information content (AvgIpc) is 2.98. The minimum Gasteiger partial charge on any atom is -0.465 e. The fourth-order valence-corrected chi connectivity index (χ4v) is 4.59. The van der Waals surface area contributed by atoms with Crippen LogP contribution in [-0.4, -0.2) is 24.4 Å². The number of hydrogen-bond donors (Lipinski definition) is 1. The Bertz CT molecular complexity index is 785. The van der Waals surface area contributed by atoms with Gasteiger partial charge in [0.25, 0.3) is 0 Å². The van der Waals surface area contributed by atoms with Crippen LogP contribution in [0.15, 0.2) is 30.3 Å². The summed E-state index contributed by atoms with van der Waals surface area (Å²) in [5.41, 5.74) is 2.79. The molecule has 3 rings (SSSR count). The zero-order valence-corrected chi connectivity index (χ0v) is 15.7. The number of esters is 1. The highest BCUT2D eigenvalue weighted by Crippen LogP contribution is 2.42. The number of nitrogens with one attached hydrogen (secondary N) is 1. The van der Waals surface area contributed by atoms with Crippen LogP contribution in [0.1, 0.15) is 45.6 Å². The number of anilines is 1. The predicted octanol–water partition coefficient (Wildman–Crippen LogP) is 4.37. The number of rotatable bonds is 4. The Morgan fingerprint density at radius 3 is 2.68 bits per heavy atom. The lowest BCUT2D eigenvalue weighted by Crippen LogP contribution is -2.21. The number of thiophene rings is 1. The van der Waals surface area contributed by atoms with Crippen LogP contribution < -0.4 is 5.32 Å². The van der Waals surface area contributed by atoms with E-state index in [0.29, 0.717) is 16.5 Å². The first-order valence-electron chi connectivity index (χ1n) is 8.24. The van der Waals surface area contributed by atoms with Crippen molar-refractivity contribution in [1.29, 1.82) is 0 Å². The molecule has 2 aromatic rings. The van der Waals surface area contributed by atoms with Gasteiger partial charge in [-0.3, -0.25) is 4.79 Å².